The highest BCUT2D eigenvalue weighted by molar-refractivity contribution is 8.25. The normalized spacial score (nSPS) is 17.9. The monoisotopic (exact) mass is 363 g/mol. The number of hydrazone groups is 1. The van der Waals surface area contributed by atoms with Crippen molar-refractivity contribution in [3.05, 3.63) is 58.4 Å². The standard InChI is InChI=1S/C19H17N5OS/c1-11-5-4-6-15(7-11)23-12(2)8-14(13(23)3)9-16-17(20)24-19(22-18(16)25)26-10-21-24/h4-10,20H,1-3H3/b16-9-,20-17?. The number of amides is 1. The summed E-state index contributed by atoms with van der Waals surface area (Å²) < 4.78 is 2.15. The summed E-state index contributed by atoms with van der Waals surface area (Å²) in [6.07, 6.45) is 1.73. The molecular weight excluding hydrogens is 346 g/mol. The van der Waals surface area contributed by atoms with E-state index in [0.717, 1.165) is 22.6 Å². The van der Waals surface area contributed by atoms with Crippen molar-refractivity contribution in [2.24, 2.45) is 10.1 Å². The van der Waals surface area contributed by atoms with Crippen LogP contribution in [0.3, 0.4) is 0 Å². The Bertz CT molecular complexity index is 1040. The van der Waals surface area contributed by atoms with Crippen LogP contribution in [-0.2, 0) is 4.79 Å². The molecule has 0 fully saturated rings. The molecule has 0 unspecified atom stereocenters. The zero-order chi connectivity index (χ0) is 18.4. The lowest BCUT2D eigenvalue weighted by molar-refractivity contribution is -0.114. The molecule has 7 heteroatoms. The molecule has 1 aromatic heterocycles. The number of hydrogen-bond acceptors (Lipinski definition) is 4. The summed E-state index contributed by atoms with van der Waals surface area (Å²) in [5.41, 5.74) is 7.06. The predicted octanol–water partition coefficient (Wildman–Crippen LogP) is 3.65. The van der Waals surface area contributed by atoms with Gasteiger partial charge in [-0.3, -0.25) is 10.2 Å². The third-order valence-electron chi connectivity index (χ3n) is 4.43. The van der Waals surface area contributed by atoms with Crippen LogP contribution in [0.4, 0.5) is 0 Å². The van der Waals surface area contributed by atoms with Crippen molar-refractivity contribution < 1.29 is 4.79 Å². The highest BCUT2D eigenvalue weighted by Crippen LogP contribution is 2.27. The van der Waals surface area contributed by atoms with E-state index in [1.165, 1.54) is 22.3 Å². The van der Waals surface area contributed by atoms with Crippen molar-refractivity contribution in [3.63, 3.8) is 0 Å². The number of thioether (sulfide) groups is 1. The Balaban J connectivity index is 1.79. The fourth-order valence-electron chi connectivity index (χ4n) is 3.19. The maximum absolute atomic E-state index is 12.4. The molecule has 1 aromatic carbocycles. The largest absolute Gasteiger partial charge is 0.318 e. The van der Waals surface area contributed by atoms with E-state index in [4.69, 9.17) is 5.41 Å². The maximum atomic E-state index is 12.4. The summed E-state index contributed by atoms with van der Waals surface area (Å²) in [5.74, 6) is -0.346. The third-order valence-corrected chi connectivity index (χ3v) is 5.10. The van der Waals surface area contributed by atoms with Gasteiger partial charge in [-0.15, -0.1) is 0 Å². The molecular formula is C19H17N5OS. The van der Waals surface area contributed by atoms with Gasteiger partial charge in [0, 0.05) is 17.1 Å². The lowest BCUT2D eigenvalue weighted by Crippen LogP contribution is -2.35. The Kier molecular flexibility index (Phi) is 3.88. The number of carbonyl (C=O) groups is 1. The lowest BCUT2D eigenvalue weighted by Gasteiger charge is -2.20. The van der Waals surface area contributed by atoms with Crippen molar-refractivity contribution in [1.82, 2.24) is 9.58 Å². The second kappa shape index (κ2) is 6.10. The van der Waals surface area contributed by atoms with Crippen LogP contribution >= 0.6 is 11.8 Å². The molecule has 0 saturated heterocycles. The van der Waals surface area contributed by atoms with Crippen molar-refractivity contribution in [1.29, 1.82) is 5.41 Å². The number of nitrogens with zero attached hydrogens (tertiary/aromatic N) is 4. The minimum absolute atomic E-state index is 0.0570. The number of amidine groups is 2. The highest BCUT2D eigenvalue weighted by Gasteiger charge is 2.32. The van der Waals surface area contributed by atoms with E-state index in [2.05, 4.69) is 39.8 Å². The smallest absolute Gasteiger partial charge is 0.283 e. The number of fused-ring (bicyclic) bond motifs is 1. The average molecular weight is 363 g/mol. The Hall–Kier alpha value is -2.93. The number of benzene rings is 1. The number of aromatic nitrogens is 1. The van der Waals surface area contributed by atoms with Gasteiger partial charge >= 0.3 is 0 Å². The summed E-state index contributed by atoms with van der Waals surface area (Å²) >= 11 is 1.24. The summed E-state index contributed by atoms with van der Waals surface area (Å²) in [4.78, 5) is 16.4. The van der Waals surface area contributed by atoms with Gasteiger partial charge in [0.05, 0.1) is 11.1 Å². The topological polar surface area (TPSA) is 73.8 Å². The number of hydrogen-bond donors (Lipinski definition) is 1. The van der Waals surface area contributed by atoms with Crippen molar-refractivity contribution in [3.8, 4) is 5.69 Å². The molecule has 130 valence electrons. The van der Waals surface area contributed by atoms with Gasteiger partial charge in [0.1, 0.15) is 0 Å². The molecule has 0 radical (unpaired) electrons. The molecule has 6 nitrogen and oxygen atoms in total. The highest BCUT2D eigenvalue weighted by atomic mass is 32.2. The van der Waals surface area contributed by atoms with E-state index in [1.54, 1.807) is 11.6 Å². The second-order valence-electron chi connectivity index (χ2n) is 6.26. The molecule has 1 N–H and O–H groups in total. The van der Waals surface area contributed by atoms with E-state index in [-0.39, 0.29) is 11.4 Å². The quantitative estimate of drug-likeness (QED) is 0.828. The molecule has 1 amide bonds. The van der Waals surface area contributed by atoms with Crippen molar-refractivity contribution in [2.45, 2.75) is 20.8 Å². The fourth-order valence-corrected chi connectivity index (χ4v) is 3.80. The Morgan fingerprint density at radius 2 is 2.00 bits per heavy atom. The predicted molar refractivity (Wildman–Crippen MR) is 106 cm³/mol. The molecule has 2 aliphatic rings. The van der Waals surface area contributed by atoms with Gasteiger partial charge in [0.25, 0.3) is 5.91 Å². The van der Waals surface area contributed by atoms with Gasteiger partial charge < -0.3 is 4.57 Å². The first-order valence-electron chi connectivity index (χ1n) is 8.14. The first-order chi connectivity index (χ1) is 12.5. The van der Waals surface area contributed by atoms with Gasteiger partial charge in [-0.25, -0.2) is 0 Å². The molecule has 0 atom stereocenters. The zero-order valence-corrected chi connectivity index (χ0v) is 15.5. The Labute approximate surface area is 155 Å². The molecule has 0 saturated carbocycles. The van der Waals surface area contributed by atoms with Crippen LogP contribution in [0.2, 0.25) is 0 Å². The number of rotatable bonds is 2. The van der Waals surface area contributed by atoms with Crippen LogP contribution in [0.15, 0.2) is 46.0 Å². The zero-order valence-electron chi connectivity index (χ0n) is 14.6. The molecule has 0 bridgehead atoms. The van der Waals surface area contributed by atoms with Crippen LogP contribution in [0.25, 0.3) is 11.8 Å². The first-order valence-corrected chi connectivity index (χ1v) is 9.02. The first kappa shape index (κ1) is 16.5. The van der Waals surface area contributed by atoms with Crippen LogP contribution in [-0.4, -0.2) is 32.0 Å². The van der Waals surface area contributed by atoms with E-state index in [0.29, 0.717) is 5.17 Å². The molecule has 0 aliphatic carbocycles. The molecule has 0 spiro atoms. The van der Waals surface area contributed by atoms with E-state index >= 15 is 0 Å². The Morgan fingerprint density at radius 3 is 2.77 bits per heavy atom. The van der Waals surface area contributed by atoms with Gasteiger partial charge in [0.15, 0.2) is 11.0 Å². The SMILES string of the molecule is Cc1cccc(-n2c(C)cc(/C=C3/C(=N)N4N=CSC4=NC3=O)c2C)c1. The minimum Gasteiger partial charge on any atom is -0.318 e. The van der Waals surface area contributed by atoms with Gasteiger partial charge in [-0.05, 0) is 67.9 Å². The Morgan fingerprint density at radius 1 is 1.19 bits per heavy atom. The van der Waals surface area contributed by atoms with Crippen LogP contribution < -0.4 is 0 Å². The average Bonchev–Trinajstić information content (AvgIpc) is 3.16. The maximum Gasteiger partial charge on any atom is 0.283 e. The van der Waals surface area contributed by atoms with Crippen LogP contribution in [0, 0.1) is 26.2 Å². The second-order valence-corrected chi connectivity index (χ2v) is 7.07. The minimum atomic E-state index is -0.403. The number of aliphatic imine (C=N–C) groups is 1. The molecule has 3 heterocycles. The van der Waals surface area contributed by atoms with E-state index < -0.39 is 5.91 Å². The number of nitrogens with one attached hydrogen (secondary N) is 1. The summed E-state index contributed by atoms with van der Waals surface area (Å²) in [6.45, 7) is 6.10. The molecule has 2 aromatic rings. The number of aryl methyl sites for hydroxylation is 2. The van der Waals surface area contributed by atoms with Crippen molar-refractivity contribution in [2.75, 3.05) is 0 Å². The molecule has 26 heavy (non-hydrogen) atoms. The van der Waals surface area contributed by atoms with E-state index in [9.17, 15) is 4.79 Å². The fraction of sp³-hybridized carbons (Fsp3) is 0.158. The molecule has 2 aliphatic heterocycles. The summed E-state index contributed by atoms with van der Waals surface area (Å²) in [7, 11) is 0. The van der Waals surface area contributed by atoms with Crippen molar-refractivity contribution >= 4 is 40.3 Å². The van der Waals surface area contributed by atoms with Gasteiger partial charge in [-0.2, -0.15) is 15.1 Å². The third kappa shape index (κ3) is 2.61. The lowest BCUT2D eigenvalue weighted by atomic mass is 10.1. The summed E-state index contributed by atoms with van der Waals surface area (Å²) in [6, 6.07) is 10.3. The molecule has 4 rings (SSSR count). The van der Waals surface area contributed by atoms with Crippen LogP contribution in [0.1, 0.15) is 22.5 Å². The van der Waals surface area contributed by atoms with Gasteiger partial charge in [0.2, 0.25) is 0 Å². The summed E-state index contributed by atoms with van der Waals surface area (Å²) in [5, 5.41) is 14.2. The van der Waals surface area contributed by atoms with Crippen LogP contribution in [0.5, 0.6) is 0 Å². The van der Waals surface area contributed by atoms with Gasteiger partial charge in [-0.1, -0.05) is 12.1 Å². The number of carbonyl (C=O) groups excluding carboxylic acids is 1. The van der Waals surface area contributed by atoms with E-state index in [1.807, 2.05) is 26.0 Å².